The van der Waals surface area contributed by atoms with Crippen molar-refractivity contribution in [1.29, 1.82) is 0 Å². The Labute approximate surface area is 130 Å². The summed E-state index contributed by atoms with van der Waals surface area (Å²) in [6.07, 6.45) is 1.56. The minimum absolute atomic E-state index is 0.0895. The van der Waals surface area contributed by atoms with Crippen LogP contribution >= 0.6 is 0 Å². The van der Waals surface area contributed by atoms with Crippen molar-refractivity contribution in [3.8, 4) is 0 Å². The molecule has 0 aliphatic heterocycles. The lowest BCUT2D eigenvalue weighted by Crippen LogP contribution is -2.33. The van der Waals surface area contributed by atoms with Gasteiger partial charge in [-0.05, 0) is 25.3 Å². The lowest BCUT2D eigenvalue weighted by Gasteiger charge is -2.11. The van der Waals surface area contributed by atoms with Gasteiger partial charge in [0.15, 0.2) is 0 Å². The van der Waals surface area contributed by atoms with Crippen LogP contribution in [0.15, 0.2) is 24.3 Å². The third kappa shape index (κ3) is 2.87. The van der Waals surface area contributed by atoms with Gasteiger partial charge in [-0.1, -0.05) is 12.1 Å². The van der Waals surface area contributed by atoms with Gasteiger partial charge in [0.1, 0.15) is 11.2 Å². The van der Waals surface area contributed by atoms with Crippen LogP contribution in [0.1, 0.15) is 29.8 Å². The van der Waals surface area contributed by atoms with Gasteiger partial charge in [0, 0.05) is 17.5 Å². The van der Waals surface area contributed by atoms with Gasteiger partial charge in [-0.15, -0.1) is 0 Å². The molecule has 1 aromatic carbocycles. The third-order valence-corrected chi connectivity index (χ3v) is 4.19. The maximum Gasteiger partial charge on any atom is 0.306 e. The summed E-state index contributed by atoms with van der Waals surface area (Å²) in [4.78, 5) is 36.5. The predicted molar refractivity (Wildman–Crippen MR) is 81.2 cm³/mol. The van der Waals surface area contributed by atoms with Crippen molar-refractivity contribution in [3.05, 3.63) is 40.1 Å². The van der Waals surface area contributed by atoms with Gasteiger partial charge < -0.3 is 15.4 Å². The molecule has 1 amide bonds. The van der Waals surface area contributed by atoms with Crippen LogP contribution in [-0.2, 0) is 4.79 Å². The van der Waals surface area contributed by atoms with E-state index >= 15 is 0 Å². The highest BCUT2D eigenvalue weighted by molar-refractivity contribution is 6.00. The molecular weight excluding hydrogens is 302 g/mol. The molecule has 1 saturated carbocycles. The first-order valence-electron chi connectivity index (χ1n) is 7.25. The number of hydrogen-bond donors (Lipinski definition) is 3. The van der Waals surface area contributed by atoms with E-state index in [0.29, 0.717) is 30.2 Å². The van der Waals surface area contributed by atoms with Crippen molar-refractivity contribution >= 4 is 28.5 Å². The molecule has 23 heavy (non-hydrogen) atoms. The molecule has 1 aromatic heterocycles. The Bertz CT molecular complexity index is 798. The summed E-state index contributed by atoms with van der Waals surface area (Å²) in [5.41, 5.74) is 0.443. The maximum absolute atomic E-state index is 12.3. The SMILES string of the molecule is O=C(N[C@H]1CC[C@@H](C(=O)O)C1)c1cc2cccc([N+](=O)[O-])c2[nH]1. The number of aromatic amines is 1. The minimum atomic E-state index is -0.844. The van der Waals surface area contributed by atoms with E-state index in [9.17, 15) is 19.7 Å². The Kier molecular flexibility index (Phi) is 3.73. The number of nitro groups is 1. The topological polar surface area (TPSA) is 125 Å². The number of nitro benzene ring substituents is 1. The van der Waals surface area contributed by atoms with Crippen molar-refractivity contribution in [2.75, 3.05) is 0 Å². The number of rotatable bonds is 4. The van der Waals surface area contributed by atoms with Gasteiger partial charge in [0.2, 0.25) is 0 Å². The number of nitrogens with zero attached hydrogens (tertiary/aromatic N) is 1. The van der Waals surface area contributed by atoms with Gasteiger partial charge in [-0.25, -0.2) is 0 Å². The number of para-hydroxylation sites is 1. The van der Waals surface area contributed by atoms with Crippen LogP contribution in [0.2, 0.25) is 0 Å². The highest BCUT2D eigenvalue weighted by atomic mass is 16.6. The number of amides is 1. The molecule has 1 aliphatic carbocycles. The second-order valence-electron chi connectivity index (χ2n) is 5.70. The molecule has 8 heteroatoms. The molecule has 120 valence electrons. The summed E-state index contributed by atoms with van der Waals surface area (Å²) < 4.78 is 0. The number of fused-ring (bicyclic) bond motifs is 1. The van der Waals surface area contributed by atoms with Crippen molar-refractivity contribution in [3.63, 3.8) is 0 Å². The number of non-ortho nitro benzene ring substituents is 1. The molecule has 8 nitrogen and oxygen atoms in total. The summed E-state index contributed by atoms with van der Waals surface area (Å²) in [6, 6.07) is 5.98. The van der Waals surface area contributed by atoms with E-state index in [1.165, 1.54) is 6.07 Å². The molecule has 2 atom stereocenters. The highest BCUT2D eigenvalue weighted by Gasteiger charge is 2.31. The summed E-state index contributed by atoms with van der Waals surface area (Å²) in [6.45, 7) is 0. The van der Waals surface area contributed by atoms with E-state index in [0.717, 1.165) is 0 Å². The Morgan fingerprint density at radius 2 is 2.13 bits per heavy atom. The van der Waals surface area contributed by atoms with Crippen LogP contribution in [0, 0.1) is 16.0 Å². The van der Waals surface area contributed by atoms with Crippen LogP contribution in [-0.4, -0.2) is 32.9 Å². The number of hydrogen-bond acceptors (Lipinski definition) is 4. The van der Waals surface area contributed by atoms with Crippen LogP contribution in [0.3, 0.4) is 0 Å². The van der Waals surface area contributed by atoms with Crippen LogP contribution in [0.5, 0.6) is 0 Å². The Morgan fingerprint density at radius 1 is 1.35 bits per heavy atom. The first-order chi connectivity index (χ1) is 11.0. The van der Waals surface area contributed by atoms with Crippen molar-refractivity contribution in [2.45, 2.75) is 25.3 Å². The average molecular weight is 317 g/mol. The van der Waals surface area contributed by atoms with Gasteiger partial charge >= 0.3 is 5.97 Å². The zero-order chi connectivity index (χ0) is 16.6. The number of carbonyl (C=O) groups is 2. The lowest BCUT2D eigenvalue weighted by molar-refractivity contribution is -0.383. The number of nitrogens with one attached hydrogen (secondary N) is 2. The van der Waals surface area contributed by atoms with E-state index in [1.807, 2.05) is 0 Å². The fraction of sp³-hybridized carbons (Fsp3) is 0.333. The Hall–Kier alpha value is -2.90. The van der Waals surface area contributed by atoms with Gasteiger partial charge in [0.25, 0.3) is 11.6 Å². The molecule has 0 unspecified atom stereocenters. The van der Waals surface area contributed by atoms with E-state index in [4.69, 9.17) is 5.11 Å². The fourth-order valence-corrected chi connectivity index (χ4v) is 3.01. The minimum Gasteiger partial charge on any atom is -0.481 e. The molecule has 0 radical (unpaired) electrons. The number of aromatic nitrogens is 1. The molecule has 3 N–H and O–H groups in total. The summed E-state index contributed by atoms with van der Waals surface area (Å²) >= 11 is 0. The normalized spacial score (nSPS) is 20.5. The third-order valence-electron chi connectivity index (χ3n) is 4.19. The number of aliphatic carboxylic acids is 1. The lowest BCUT2D eigenvalue weighted by atomic mass is 10.1. The maximum atomic E-state index is 12.3. The van der Waals surface area contributed by atoms with E-state index in [1.54, 1.807) is 18.2 Å². The van der Waals surface area contributed by atoms with Gasteiger partial charge in [0.05, 0.1) is 10.8 Å². The summed E-state index contributed by atoms with van der Waals surface area (Å²) in [5, 5.41) is 23.3. The number of benzene rings is 1. The van der Waals surface area contributed by atoms with Gasteiger partial charge in [-0.2, -0.15) is 0 Å². The average Bonchev–Trinajstić information content (AvgIpc) is 3.12. The molecule has 2 aromatic rings. The molecule has 0 spiro atoms. The van der Waals surface area contributed by atoms with E-state index < -0.39 is 16.8 Å². The smallest absolute Gasteiger partial charge is 0.306 e. The number of carbonyl (C=O) groups excluding carboxylic acids is 1. The van der Waals surface area contributed by atoms with E-state index in [-0.39, 0.29) is 23.3 Å². The van der Waals surface area contributed by atoms with Crippen LogP contribution in [0.4, 0.5) is 5.69 Å². The highest BCUT2D eigenvalue weighted by Crippen LogP contribution is 2.27. The van der Waals surface area contributed by atoms with Crippen LogP contribution < -0.4 is 5.32 Å². The molecule has 1 fully saturated rings. The van der Waals surface area contributed by atoms with Crippen molar-refractivity contribution in [1.82, 2.24) is 10.3 Å². The monoisotopic (exact) mass is 317 g/mol. The van der Waals surface area contributed by atoms with Crippen molar-refractivity contribution in [2.24, 2.45) is 5.92 Å². The van der Waals surface area contributed by atoms with E-state index in [2.05, 4.69) is 10.3 Å². The number of carboxylic acid groups (broad SMARTS) is 1. The Morgan fingerprint density at radius 3 is 2.78 bits per heavy atom. The van der Waals surface area contributed by atoms with Crippen molar-refractivity contribution < 1.29 is 19.6 Å². The quantitative estimate of drug-likeness (QED) is 0.588. The first-order valence-corrected chi connectivity index (χ1v) is 7.25. The molecule has 0 saturated heterocycles. The predicted octanol–water partition coefficient (Wildman–Crippen LogP) is 2.06. The molecule has 3 rings (SSSR count). The zero-order valence-electron chi connectivity index (χ0n) is 12.1. The standard InChI is InChI=1S/C15H15N3O5/c19-14(16-10-5-4-9(6-10)15(20)21)11-7-8-2-1-3-12(18(22)23)13(8)17-11/h1-3,7,9-10,17H,4-6H2,(H,16,19)(H,20,21)/t9-,10+/m1/s1. The fourth-order valence-electron chi connectivity index (χ4n) is 3.01. The van der Waals surface area contributed by atoms with Gasteiger partial charge in [-0.3, -0.25) is 19.7 Å². The number of H-pyrrole nitrogens is 1. The second-order valence-corrected chi connectivity index (χ2v) is 5.70. The molecular formula is C15H15N3O5. The molecule has 1 aliphatic rings. The summed E-state index contributed by atoms with van der Waals surface area (Å²) in [5.74, 6) is -1.65. The first kappa shape index (κ1) is 15.0. The largest absolute Gasteiger partial charge is 0.481 e. The Balaban J connectivity index is 1.78. The summed E-state index contributed by atoms with van der Waals surface area (Å²) in [7, 11) is 0. The second kappa shape index (κ2) is 5.71. The number of carboxylic acids is 1. The zero-order valence-corrected chi connectivity index (χ0v) is 12.1. The molecule has 0 bridgehead atoms. The van der Waals surface area contributed by atoms with Crippen LogP contribution in [0.25, 0.3) is 10.9 Å². The molecule has 1 heterocycles.